The number of rotatable bonds is 4. The average Bonchev–Trinajstić information content (AvgIpc) is 2.83. The maximum absolute atomic E-state index is 5.95. The minimum absolute atomic E-state index is 0.790. The Morgan fingerprint density at radius 1 is 1.32 bits per heavy atom. The Balaban J connectivity index is 2.02. The SMILES string of the molecule is CN(C)CCn1nc(-c2cccc(N)c2)c2c1CCN(C)C2. The van der Waals surface area contributed by atoms with Crippen LogP contribution in [0.25, 0.3) is 11.3 Å². The predicted octanol–water partition coefficient (Wildman–Crippen LogP) is 1.68. The monoisotopic (exact) mass is 299 g/mol. The number of benzene rings is 1. The van der Waals surface area contributed by atoms with Crippen LogP contribution < -0.4 is 5.73 Å². The largest absolute Gasteiger partial charge is 0.399 e. The summed E-state index contributed by atoms with van der Waals surface area (Å²) in [5.41, 5.74) is 11.7. The van der Waals surface area contributed by atoms with Crippen molar-refractivity contribution in [3.63, 3.8) is 0 Å². The van der Waals surface area contributed by atoms with Gasteiger partial charge in [-0.25, -0.2) is 0 Å². The second-order valence-electron chi connectivity index (χ2n) is 6.41. The second kappa shape index (κ2) is 6.10. The smallest absolute Gasteiger partial charge is 0.0971 e. The van der Waals surface area contributed by atoms with Crippen LogP contribution in [-0.2, 0) is 19.5 Å². The molecule has 0 fully saturated rings. The highest BCUT2D eigenvalue weighted by Crippen LogP contribution is 2.30. The second-order valence-corrected chi connectivity index (χ2v) is 6.41. The first-order valence-electron chi connectivity index (χ1n) is 7.82. The first-order valence-corrected chi connectivity index (χ1v) is 7.82. The van der Waals surface area contributed by atoms with Crippen molar-refractivity contribution in [2.75, 3.05) is 40.0 Å². The van der Waals surface area contributed by atoms with Gasteiger partial charge in [-0.3, -0.25) is 4.68 Å². The molecule has 0 atom stereocenters. The van der Waals surface area contributed by atoms with E-state index in [1.807, 2.05) is 18.2 Å². The summed E-state index contributed by atoms with van der Waals surface area (Å²) in [5.74, 6) is 0. The lowest BCUT2D eigenvalue weighted by Gasteiger charge is -2.24. The van der Waals surface area contributed by atoms with Crippen LogP contribution in [0.4, 0.5) is 5.69 Å². The molecule has 1 aromatic heterocycles. The Morgan fingerprint density at radius 2 is 2.14 bits per heavy atom. The van der Waals surface area contributed by atoms with Crippen molar-refractivity contribution in [1.29, 1.82) is 0 Å². The summed E-state index contributed by atoms with van der Waals surface area (Å²) in [7, 11) is 6.37. The minimum atomic E-state index is 0.790. The van der Waals surface area contributed by atoms with E-state index in [2.05, 4.69) is 41.7 Å². The average molecular weight is 299 g/mol. The highest BCUT2D eigenvalue weighted by molar-refractivity contribution is 5.68. The molecule has 118 valence electrons. The van der Waals surface area contributed by atoms with E-state index in [-0.39, 0.29) is 0 Å². The summed E-state index contributed by atoms with van der Waals surface area (Å²) in [4.78, 5) is 4.55. The van der Waals surface area contributed by atoms with E-state index in [1.54, 1.807) is 0 Å². The molecule has 0 aliphatic carbocycles. The van der Waals surface area contributed by atoms with Gasteiger partial charge in [-0.2, -0.15) is 5.10 Å². The molecular weight excluding hydrogens is 274 g/mol. The lowest BCUT2D eigenvalue weighted by atomic mass is 10.0. The van der Waals surface area contributed by atoms with Crippen LogP contribution in [0.15, 0.2) is 24.3 Å². The van der Waals surface area contributed by atoms with Crippen molar-refractivity contribution in [2.24, 2.45) is 0 Å². The molecule has 0 amide bonds. The number of anilines is 1. The highest BCUT2D eigenvalue weighted by Gasteiger charge is 2.23. The minimum Gasteiger partial charge on any atom is -0.399 e. The van der Waals surface area contributed by atoms with Crippen LogP contribution >= 0.6 is 0 Å². The van der Waals surface area contributed by atoms with Crippen molar-refractivity contribution >= 4 is 5.69 Å². The molecule has 1 aliphatic rings. The molecule has 0 radical (unpaired) electrons. The van der Waals surface area contributed by atoms with E-state index in [9.17, 15) is 0 Å². The standard InChI is InChI=1S/C17H25N5/c1-20(2)9-10-22-16-7-8-21(3)12-15(16)17(19-22)13-5-4-6-14(18)11-13/h4-6,11H,7-10,12,18H2,1-3H3. The van der Waals surface area contributed by atoms with Crippen molar-refractivity contribution in [1.82, 2.24) is 19.6 Å². The van der Waals surface area contributed by atoms with E-state index >= 15 is 0 Å². The molecule has 0 bridgehead atoms. The summed E-state index contributed by atoms with van der Waals surface area (Å²) >= 11 is 0. The molecular formula is C17H25N5. The fourth-order valence-electron chi connectivity index (χ4n) is 3.02. The fourth-order valence-corrected chi connectivity index (χ4v) is 3.02. The van der Waals surface area contributed by atoms with Gasteiger partial charge in [0.2, 0.25) is 0 Å². The Bertz CT molecular complexity index is 659. The molecule has 1 aliphatic heterocycles. The van der Waals surface area contributed by atoms with Crippen molar-refractivity contribution in [3.05, 3.63) is 35.5 Å². The van der Waals surface area contributed by atoms with Gasteiger partial charge in [-0.15, -0.1) is 0 Å². The van der Waals surface area contributed by atoms with E-state index in [0.29, 0.717) is 0 Å². The summed E-state index contributed by atoms with van der Waals surface area (Å²) in [6.07, 6.45) is 1.06. The van der Waals surface area contributed by atoms with Gasteiger partial charge < -0.3 is 15.5 Å². The molecule has 0 spiro atoms. The Labute approximate surface area is 132 Å². The van der Waals surface area contributed by atoms with Gasteiger partial charge in [0.1, 0.15) is 0 Å². The molecule has 5 heteroatoms. The lowest BCUT2D eigenvalue weighted by molar-refractivity contribution is 0.304. The van der Waals surface area contributed by atoms with Crippen molar-refractivity contribution in [2.45, 2.75) is 19.5 Å². The fraction of sp³-hybridized carbons (Fsp3) is 0.471. The zero-order chi connectivity index (χ0) is 15.7. The first-order chi connectivity index (χ1) is 10.5. The summed E-state index contributed by atoms with van der Waals surface area (Å²) in [5, 5.41) is 4.92. The van der Waals surface area contributed by atoms with Gasteiger partial charge in [-0.1, -0.05) is 12.1 Å². The number of nitrogen functional groups attached to an aromatic ring is 1. The van der Waals surface area contributed by atoms with E-state index < -0.39 is 0 Å². The van der Waals surface area contributed by atoms with Crippen LogP contribution in [-0.4, -0.2) is 53.8 Å². The molecule has 2 N–H and O–H groups in total. The molecule has 3 rings (SSSR count). The predicted molar refractivity (Wildman–Crippen MR) is 90.7 cm³/mol. The normalized spacial score (nSPS) is 15.3. The van der Waals surface area contributed by atoms with Gasteiger partial charge in [0, 0.05) is 48.6 Å². The summed E-state index contributed by atoms with van der Waals surface area (Å²) in [6, 6.07) is 8.05. The van der Waals surface area contributed by atoms with Gasteiger partial charge >= 0.3 is 0 Å². The zero-order valence-corrected chi connectivity index (χ0v) is 13.7. The molecule has 5 nitrogen and oxygen atoms in total. The topological polar surface area (TPSA) is 50.3 Å². The van der Waals surface area contributed by atoms with Crippen molar-refractivity contribution < 1.29 is 0 Å². The van der Waals surface area contributed by atoms with E-state index in [0.717, 1.165) is 49.5 Å². The number of hydrogen-bond acceptors (Lipinski definition) is 4. The third-order valence-corrected chi connectivity index (χ3v) is 4.24. The Kier molecular flexibility index (Phi) is 4.18. The molecule has 22 heavy (non-hydrogen) atoms. The third kappa shape index (κ3) is 3.00. The van der Waals surface area contributed by atoms with Crippen LogP contribution in [0.2, 0.25) is 0 Å². The quantitative estimate of drug-likeness (QED) is 0.873. The number of fused-ring (bicyclic) bond motifs is 1. The van der Waals surface area contributed by atoms with Crippen LogP contribution in [0.3, 0.4) is 0 Å². The van der Waals surface area contributed by atoms with Gasteiger partial charge in [0.05, 0.1) is 12.2 Å². The molecule has 0 unspecified atom stereocenters. The molecule has 2 heterocycles. The molecule has 0 saturated heterocycles. The molecule has 0 saturated carbocycles. The lowest BCUT2D eigenvalue weighted by Crippen LogP contribution is -2.28. The van der Waals surface area contributed by atoms with Crippen LogP contribution in [0, 0.1) is 0 Å². The summed E-state index contributed by atoms with van der Waals surface area (Å²) in [6.45, 7) is 3.99. The number of hydrogen-bond donors (Lipinski definition) is 1. The third-order valence-electron chi connectivity index (χ3n) is 4.24. The number of nitrogens with two attached hydrogens (primary N) is 1. The highest BCUT2D eigenvalue weighted by atomic mass is 15.3. The van der Waals surface area contributed by atoms with Crippen LogP contribution in [0.5, 0.6) is 0 Å². The Morgan fingerprint density at radius 3 is 2.86 bits per heavy atom. The van der Waals surface area contributed by atoms with Gasteiger partial charge in [0.25, 0.3) is 0 Å². The van der Waals surface area contributed by atoms with E-state index in [1.165, 1.54) is 11.3 Å². The van der Waals surface area contributed by atoms with Crippen LogP contribution in [0.1, 0.15) is 11.3 Å². The summed E-state index contributed by atoms with van der Waals surface area (Å²) < 4.78 is 2.20. The molecule has 1 aromatic carbocycles. The van der Waals surface area contributed by atoms with Gasteiger partial charge in [-0.05, 0) is 33.3 Å². The number of aromatic nitrogens is 2. The maximum atomic E-state index is 5.95. The maximum Gasteiger partial charge on any atom is 0.0971 e. The first kappa shape index (κ1) is 15.1. The number of likely N-dealkylation sites (N-methyl/N-ethyl adjacent to an activating group) is 2. The van der Waals surface area contributed by atoms with Gasteiger partial charge in [0.15, 0.2) is 0 Å². The van der Waals surface area contributed by atoms with E-state index in [4.69, 9.17) is 10.8 Å². The molecule has 2 aromatic rings. The number of nitrogens with zero attached hydrogens (tertiary/aromatic N) is 4. The Hall–Kier alpha value is -1.85. The van der Waals surface area contributed by atoms with Crippen molar-refractivity contribution in [3.8, 4) is 11.3 Å². The zero-order valence-electron chi connectivity index (χ0n) is 13.7.